The molecule has 1 N–H and O–H groups in total. The van der Waals surface area contributed by atoms with Crippen molar-refractivity contribution in [2.45, 2.75) is 13.5 Å². The second-order valence-corrected chi connectivity index (χ2v) is 5.26. The number of carbonyl (C=O) groups excluding carboxylic acids is 2. The van der Waals surface area contributed by atoms with E-state index in [9.17, 15) is 9.59 Å². The number of methoxy groups -OCH3 is 1. The summed E-state index contributed by atoms with van der Waals surface area (Å²) in [5.74, 6) is 0.107. The average molecular weight is 368 g/mol. The Morgan fingerprint density at radius 3 is 2.76 bits per heavy atom. The SMILES string of the molecule is CCOc1c(Cl)cc(C(=O)OCC(=O)NCc2ccco2)cc1OC. The second-order valence-electron chi connectivity index (χ2n) is 4.85. The number of rotatable bonds is 8. The highest BCUT2D eigenvalue weighted by Gasteiger charge is 2.17. The van der Waals surface area contributed by atoms with E-state index in [-0.39, 0.29) is 17.1 Å². The van der Waals surface area contributed by atoms with Gasteiger partial charge in [-0.25, -0.2) is 4.79 Å². The number of carbonyl (C=O) groups is 2. The van der Waals surface area contributed by atoms with Gasteiger partial charge < -0.3 is 23.9 Å². The fourth-order valence-corrected chi connectivity index (χ4v) is 2.25. The van der Waals surface area contributed by atoms with Crippen molar-refractivity contribution in [2.24, 2.45) is 0 Å². The molecule has 0 unspecified atom stereocenters. The average Bonchev–Trinajstić information content (AvgIpc) is 3.13. The first-order valence-electron chi connectivity index (χ1n) is 7.51. The van der Waals surface area contributed by atoms with Crippen LogP contribution in [0.4, 0.5) is 0 Å². The molecular formula is C17H18ClNO6. The van der Waals surface area contributed by atoms with Crippen molar-refractivity contribution in [3.63, 3.8) is 0 Å². The summed E-state index contributed by atoms with van der Waals surface area (Å²) in [6, 6.07) is 6.28. The minimum absolute atomic E-state index is 0.157. The summed E-state index contributed by atoms with van der Waals surface area (Å²) >= 11 is 6.10. The number of hydrogen-bond donors (Lipinski definition) is 1. The number of amides is 1. The van der Waals surface area contributed by atoms with Crippen LogP contribution in [0, 0.1) is 0 Å². The topological polar surface area (TPSA) is 87.0 Å². The number of furan rings is 1. The highest BCUT2D eigenvalue weighted by molar-refractivity contribution is 6.32. The Morgan fingerprint density at radius 1 is 1.32 bits per heavy atom. The quantitative estimate of drug-likeness (QED) is 0.722. The third kappa shape index (κ3) is 5.15. The standard InChI is InChI=1S/C17H18ClNO6/c1-3-23-16-13(18)7-11(8-14(16)22-2)17(21)25-10-15(20)19-9-12-5-4-6-24-12/h4-8H,3,9-10H2,1-2H3,(H,19,20). The van der Waals surface area contributed by atoms with Crippen molar-refractivity contribution < 1.29 is 28.2 Å². The number of benzene rings is 1. The third-order valence-corrected chi connectivity index (χ3v) is 3.41. The first kappa shape index (κ1) is 18.7. The maximum atomic E-state index is 12.1. The van der Waals surface area contributed by atoms with Crippen molar-refractivity contribution >= 4 is 23.5 Å². The molecule has 0 radical (unpaired) electrons. The molecule has 1 heterocycles. The van der Waals surface area contributed by atoms with Crippen molar-refractivity contribution in [1.82, 2.24) is 5.32 Å². The van der Waals surface area contributed by atoms with E-state index >= 15 is 0 Å². The normalized spacial score (nSPS) is 10.2. The molecule has 7 nitrogen and oxygen atoms in total. The van der Waals surface area contributed by atoms with Gasteiger partial charge in [-0.2, -0.15) is 0 Å². The van der Waals surface area contributed by atoms with E-state index in [1.54, 1.807) is 19.1 Å². The molecule has 1 aromatic heterocycles. The van der Waals surface area contributed by atoms with Gasteiger partial charge >= 0.3 is 5.97 Å². The van der Waals surface area contributed by atoms with Crippen molar-refractivity contribution in [3.05, 3.63) is 46.9 Å². The van der Waals surface area contributed by atoms with Crippen LogP contribution in [0.3, 0.4) is 0 Å². The molecule has 134 valence electrons. The minimum atomic E-state index is -0.698. The molecule has 0 fully saturated rings. The van der Waals surface area contributed by atoms with Gasteiger partial charge in [-0.1, -0.05) is 11.6 Å². The molecule has 0 aliphatic carbocycles. The Balaban J connectivity index is 1.93. The fraction of sp³-hybridized carbons (Fsp3) is 0.294. The van der Waals surface area contributed by atoms with Crippen LogP contribution >= 0.6 is 11.6 Å². The minimum Gasteiger partial charge on any atom is -0.493 e. The van der Waals surface area contributed by atoms with Crippen LogP contribution in [0.25, 0.3) is 0 Å². The van der Waals surface area contributed by atoms with E-state index in [0.29, 0.717) is 23.9 Å². The summed E-state index contributed by atoms with van der Waals surface area (Å²) in [5, 5.41) is 2.79. The Morgan fingerprint density at radius 2 is 2.12 bits per heavy atom. The molecular weight excluding hydrogens is 350 g/mol. The largest absolute Gasteiger partial charge is 0.493 e. The van der Waals surface area contributed by atoms with E-state index < -0.39 is 18.5 Å². The summed E-state index contributed by atoms with van der Waals surface area (Å²) in [6.07, 6.45) is 1.50. The van der Waals surface area contributed by atoms with E-state index in [2.05, 4.69) is 5.32 Å². The maximum absolute atomic E-state index is 12.1. The van der Waals surface area contributed by atoms with Gasteiger partial charge in [0, 0.05) is 0 Å². The van der Waals surface area contributed by atoms with Crippen LogP contribution in [0.5, 0.6) is 11.5 Å². The van der Waals surface area contributed by atoms with Gasteiger partial charge in [-0.05, 0) is 31.2 Å². The lowest BCUT2D eigenvalue weighted by atomic mass is 10.2. The molecule has 0 bridgehead atoms. The first-order chi connectivity index (χ1) is 12.0. The summed E-state index contributed by atoms with van der Waals surface area (Å²) in [5.41, 5.74) is 0.157. The second kappa shape index (κ2) is 8.98. The summed E-state index contributed by atoms with van der Waals surface area (Å²) < 4.78 is 20.6. The molecule has 25 heavy (non-hydrogen) atoms. The highest BCUT2D eigenvalue weighted by Crippen LogP contribution is 2.36. The van der Waals surface area contributed by atoms with Crippen LogP contribution in [0.1, 0.15) is 23.0 Å². The summed E-state index contributed by atoms with van der Waals surface area (Å²) in [7, 11) is 1.44. The Hall–Kier alpha value is -2.67. The fourth-order valence-electron chi connectivity index (χ4n) is 1.99. The highest BCUT2D eigenvalue weighted by atomic mass is 35.5. The molecule has 0 saturated carbocycles. The first-order valence-corrected chi connectivity index (χ1v) is 7.89. The lowest BCUT2D eigenvalue weighted by molar-refractivity contribution is -0.124. The van der Waals surface area contributed by atoms with Crippen LogP contribution in [-0.4, -0.2) is 32.2 Å². The Labute approximate surface area is 149 Å². The number of hydrogen-bond acceptors (Lipinski definition) is 6. The van der Waals surface area contributed by atoms with Gasteiger partial charge in [0.05, 0.1) is 37.1 Å². The van der Waals surface area contributed by atoms with E-state index in [4.69, 9.17) is 30.2 Å². The van der Waals surface area contributed by atoms with Crippen molar-refractivity contribution in [2.75, 3.05) is 20.3 Å². The molecule has 2 aromatic rings. The van der Waals surface area contributed by atoms with Gasteiger partial charge in [0.15, 0.2) is 18.1 Å². The third-order valence-electron chi connectivity index (χ3n) is 3.13. The van der Waals surface area contributed by atoms with E-state index in [0.717, 1.165) is 0 Å². The molecule has 1 amide bonds. The molecule has 0 aliphatic heterocycles. The predicted molar refractivity (Wildman–Crippen MR) is 90.0 cm³/mol. The van der Waals surface area contributed by atoms with Gasteiger partial charge in [0.25, 0.3) is 5.91 Å². The van der Waals surface area contributed by atoms with Crippen molar-refractivity contribution in [3.8, 4) is 11.5 Å². The molecule has 0 atom stereocenters. The molecule has 8 heteroatoms. The zero-order chi connectivity index (χ0) is 18.2. The van der Waals surface area contributed by atoms with Gasteiger partial charge in [0.1, 0.15) is 5.76 Å². The van der Waals surface area contributed by atoms with E-state index in [1.807, 2.05) is 0 Å². The van der Waals surface area contributed by atoms with Crippen LogP contribution in [-0.2, 0) is 16.1 Å². The molecule has 0 saturated heterocycles. The number of nitrogens with one attached hydrogen (secondary N) is 1. The monoisotopic (exact) mass is 367 g/mol. The van der Waals surface area contributed by atoms with Crippen molar-refractivity contribution in [1.29, 1.82) is 0 Å². The maximum Gasteiger partial charge on any atom is 0.338 e. The number of ether oxygens (including phenoxy) is 3. The smallest absolute Gasteiger partial charge is 0.338 e. The van der Waals surface area contributed by atoms with Gasteiger partial charge in [0.2, 0.25) is 0 Å². The van der Waals surface area contributed by atoms with Crippen LogP contribution in [0.15, 0.2) is 34.9 Å². The molecule has 1 aromatic carbocycles. The van der Waals surface area contributed by atoms with Crippen LogP contribution in [0.2, 0.25) is 5.02 Å². The van der Waals surface area contributed by atoms with Gasteiger partial charge in [-0.3, -0.25) is 4.79 Å². The lowest BCUT2D eigenvalue weighted by Gasteiger charge is -2.13. The lowest BCUT2D eigenvalue weighted by Crippen LogP contribution is -2.28. The molecule has 2 rings (SSSR count). The van der Waals surface area contributed by atoms with Gasteiger partial charge in [-0.15, -0.1) is 0 Å². The van der Waals surface area contributed by atoms with Crippen LogP contribution < -0.4 is 14.8 Å². The zero-order valence-electron chi connectivity index (χ0n) is 13.8. The Kier molecular flexibility index (Phi) is 6.71. The zero-order valence-corrected chi connectivity index (χ0v) is 14.6. The summed E-state index contributed by atoms with van der Waals surface area (Å²) in [6.45, 7) is 1.99. The summed E-state index contributed by atoms with van der Waals surface area (Å²) in [4.78, 5) is 23.8. The number of esters is 1. The Bertz CT molecular complexity index is 729. The predicted octanol–water partition coefficient (Wildman–Crippen LogP) is 2.81. The number of halogens is 1. The van der Waals surface area contributed by atoms with E-state index in [1.165, 1.54) is 25.5 Å². The molecule has 0 spiro atoms. The molecule has 0 aliphatic rings.